The van der Waals surface area contributed by atoms with Crippen LogP contribution in [0.1, 0.15) is 50.7 Å². The molecule has 0 bridgehead atoms. The fourth-order valence-electron chi connectivity index (χ4n) is 4.29. The molecule has 6 heteroatoms. The van der Waals surface area contributed by atoms with Gasteiger partial charge in [0.2, 0.25) is 5.91 Å². The van der Waals surface area contributed by atoms with Gasteiger partial charge in [0.05, 0.1) is 12.2 Å². The summed E-state index contributed by atoms with van der Waals surface area (Å²) in [6, 6.07) is 0.0539. The maximum Gasteiger partial charge on any atom is 0.224 e. The minimum absolute atomic E-state index is 0.0539. The molecule has 2 aliphatic heterocycles. The third kappa shape index (κ3) is 2.97. The van der Waals surface area contributed by atoms with Gasteiger partial charge in [-0.2, -0.15) is 5.10 Å². The zero-order valence-electron chi connectivity index (χ0n) is 14.4. The highest BCUT2D eigenvalue weighted by molar-refractivity contribution is 5.83. The van der Waals surface area contributed by atoms with Crippen molar-refractivity contribution in [2.24, 2.45) is 11.3 Å². The van der Waals surface area contributed by atoms with Crippen LogP contribution in [0.15, 0.2) is 12.4 Å². The second-order valence-corrected chi connectivity index (χ2v) is 7.41. The highest BCUT2D eigenvalue weighted by atomic mass is 16.5. The highest BCUT2D eigenvalue weighted by Gasteiger charge is 2.58. The van der Waals surface area contributed by atoms with Gasteiger partial charge in [-0.05, 0) is 44.4 Å². The molecule has 2 saturated heterocycles. The quantitative estimate of drug-likeness (QED) is 0.916. The molecular weight excluding hydrogens is 306 g/mol. The summed E-state index contributed by atoms with van der Waals surface area (Å²) in [7, 11) is 0. The normalized spacial score (nSPS) is 31.8. The van der Waals surface area contributed by atoms with Gasteiger partial charge in [-0.15, -0.1) is 0 Å². The molecule has 1 aliphatic carbocycles. The lowest BCUT2D eigenvalue weighted by Crippen LogP contribution is -2.44. The van der Waals surface area contributed by atoms with E-state index in [0.29, 0.717) is 0 Å². The van der Waals surface area contributed by atoms with Crippen molar-refractivity contribution in [1.29, 1.82) is 0 Å². The number of amides is 1. The van der Waals surface area contributed by atoms with E-state index in [9.17, 15) is 4.79 Å². The van der Waals surface area contributed by atoms with E-state index in [0.717, 1.165) is 64.0 Å². The molecule has 1 N–H and O–H groups in total. The summed E-state index contributed by atoms with van der Waals surface area (Å²) in [6.07, 6.45) is 8.87. The maximum absolute atomic E-state index is 12.8. The number of nitrogens with zero attached hydrogens (tertiary/aromatic N) is 2. The molecule has 1 aromatic heterocycles. The Morgan fingerprint density at radius 2 is 2.25 bits per heavy atom. The van der Waals surface area contributed by atoms with E-state index in [1.165, 1.54) is 0 Å². The van der Waals surface area contributed by atoms with E-state index in [1.54, 1.807) is 0 Å². The Bertz CT molecular complexity index is 594. The number of hydrogen-bond acceptors (Lipinski definition) is 4. The van der Waals surface area contributed by atoms with Gasteiger partial charge < -0.3 is 14.8 Å². The summed E-state index contributed by atoms with van der Waals surface area (Å²) >= 11 is 0. The Morgan fingerprint density at radius 3 is 3.00 bits per heavy atom. The van der Waals surface area contributed by atoms with Crippen LogP contribution in [0.5, 0.6) is 0 Å². The van der Waals surface area contributed by atoms with E-state index in [4.69, 9.17) is 9.47 Å². The first-order valence-electron chi connectivity index (χ1n) is 9.24. The monoisotopic (exact) mass is 333 g/mol. The molecule has 1 aromatic rings. The molecule has 0 unspecified atom stereocenters. The number of aryl methyl sites for hydroxylation is 1. The van der Waals surface area contributed by atoms with Crippen molar-refractivity contribution < 1.29 is 14.3 Å². The molecule has 24 heavy (non-hydrogen) atoms. The van der Waals surface area contributed by atoms with E-state index < -0.39 is 0 Å². The van der Waals surface area contributed by atoms with Crippen LogP contribution < -0.4 is 5.32 Å². The maximum atomic E-state index is 12.8. The first kappa shape index (κ1) is 16.1. The van der Waals surface area contributed by atoms with Gasteiger partial charge in [-0.3, -0.25) is 9.48 Å². The molecule has 3 atom stereocenters. The highest BCUT2D eigenvalue weighted by Crippen LogP contribution is 2.59. The van der Waals surface area contributed by atoms with Crippen molar-refractivity contribution in [3.8, 4) is 0 Å². The average Bonchev–Trinajstić information content (AvgIpc) is 3.09. The third-order valence-corrected chi connectivity index (χ3v) is 5.95. The number of ether oxygens (including phenoxy) is 2. The lowest BCUT2D eigenvalue weighted by atomic mass is 9.93. The first-order chi connectivity index (χ1) is 11.7. The number of rotatable bonds is 4. The Morgan fingerprint density at radius 1 is 1.42 bits per heavy atom. The zero-order valence-corrected chi connectivity index (χ0v) is 14.4. The minimum atomic E-state index is -0.0765. The molecule has 4 rings (SSSR count). The summed E-state index contributed by atoms with van der Waals surface area (Å²) in [4.78, 5) is 12.8. The predicted molar refractivity (Wildman–Crippen MR) is 88.4 cm³/mol. The second-order valence-electron chi connectivity index (χ2n) is 7.41. The fourth-order valence-corrected chi connectivity index (χ4v) is 4.29. The number of nitrogens with one attached hydrogen (secondary N) is 1. The van der Waals surface area contributed by atoms with Crippen LogP contribution in [0.3, 0.4) is 0 Å². The summed E-state index contributed by atoms with van der Waals surface area (Å²) in [5, 5.41) is 7.64. The van der Waals surface area contributed by atoms with Crippen molar-refractivity contribution in [3.05, 3.63) is 18.0 Å². The molecule has 3 aliphatic rings. The second kappa shape index (κ2) is 6.48. The summed E-state index contributed by atoms with van der Waals surface area (Å²) in [5.41, 5.74) is 1.29. The Balaban J connectivity index is 1.41. The Labute approximate surface area is 142 Å². The third-order valence-electron chi connectivity index (χ3n) is 5.95. The lowest BCUT2D eigenvalue weighted by Gasteiger charge is -2.32. The van der Waals surface area contributed by atoms with Crippen LogP contribution >= 0.6 is 0 Å². The van der Waals surface area contributed by atoms with Crippen molar-refractivity contribution in [3.63, 3.8) is 0 Å². The fraction of sp³-hybridized carbons (Fsp3) is 0.778. The van der Waals surface area contributed by atoms with Crippen LogP contribution in [-0.4, -0.2) is 41.6 Å². The van der Waals surface area contributed by atoms with Gasteiger partial charge in [0.25, 0.3) is 0 Å². The molecule has 3 fully saturated rings. The molecule has 1 spiro atoms. The topological polar surface area (TPSA) is 65.4 Å². The SMILES string of the molecule is CCn1cc([C@H]2OCCC[C@@H]2NC(=O)[C@H]2CC23CCOCC3)cn1. The number of hydrogen-bond donors (Lipinski definition) is 1. The van der Waals surface area contributed by atoms with Gasteiger partial charge in [-0.1, -0.05) is 0 Å². The Kier molecular flexibility index (Phi) is 4.35. The Hall–Kier alpha value is -1.40. The average molecular weight is 333 g/mol. The van der Waals surface area contributed by atoms with Crippen LogP contribution in [0.4, 0.5) is 0 Å². The lowest BCUT2D eigenvalue weighted by molar-refractivity contribution is -0.126. The van der Waals surface area contributed by atoms with Crippen molar-refractivity contribution in [1.82, 2.24) is 15.1 Å². The van der Waals surface area contributed by atoms with Crippen molar-refractivity contribution in [2.45, 2.75) is 57.7 Å². The van der Waals surface area contributed by atoms with Gasteiger partial charge in [0.15, 0.2) is 0 Å². The van der Waals surface area contributed by atoms with E-state index >= 15 is 0 Å². The van der Waals surface area contributed by atoms with Gasteiger partial charge in [-0.25, -0.2) is 0 Å². The number of aromatic nitrogens is 2. The van der Waals surface area contributed by atoms with E-state index in [2.05, 4.69) is 17.3 Å². The van der Waals surface area contributed by atoms with Crippen molar-refractivity contribution in [2.75, 3.05) is 19.8 Å². The molecule has 0 radical (unpaired) electrons. The molecule has 1 amide bonds. The zero-order chi connectivity index (χ0) is 16.6. The molecule has 3 heterocycles. The number of carbonyl (C=O) groups is 1. The van der Waals surface area contributed by atoms with Crippen LogP contribution in [0.25, 0.3) is 0 Å². The van der Waals surface area contributed by atoms with E-state index in [1.807, 2.05) is 17.1 Å². The summed E-state index contributed by atoms with van der Waals surface area (Å²) < 4.78 is 13.3. The van der Waals surface area contributed by atoms with E-state index in [-0.39, 0.29) is 29.4 Å². The smallest absolute Gasteiger partial charge is 0.224 e. The molecule has 6 nitrogen and oxygen atoms in total. The standard InChI is InChI=1S/C18H27N3O3/c1-2-21-12-13(11-19-21)16-15(4-3-7-24-16)20-17(22)14-10-18(14)5-8-23-9-6-18/h11-12,14-16H,2-10H2,1H3,(H,20,22)/t14-,15+,16-/m1/s1. The van der Waals surface area contributed by atoms with Gasteiger partial charge in [0, 0.05) is 44.0 Å². The molecule has 132 valence electrons. The van der Waals surface area contributed by atoms with Crippen LogP contribution in [0.2, 0.25) is 0 Å². The van der Waals surface area contributed by atoms with Crippen molar-refractivity contribution >= 4 is 5.91 Å². The molecular formula is C18H27N3O3. The minimum Gasteiger partial charge on any atom is -0.381 e. The van der Waals surface area contributed by atoms with Crippen LogP contribution in [-0.2, 0) is 20.8 Å². The van der Waals surface area contributed by atoms with Crippen LogP contribution in [0, 0.1) is 11.3 Å². The largest absolute Gasteiger partial charge is 0.381 e. The first-order valence-corrected chi connectivity index (χ1v) is 9.24. The summed E-state index contributed by atoms with van der Waals surface area (Å²) in [6.45, 7) is 5.26. The molecule has 1 saturated carbocycles. The molecule has 0 aromatic carbocycles. The summed E-state index contributed by atoms with van der Waals surface area (Å²) in [5.74, 6) is 0.377. The number of carbonyl (C=O) groups excluding carboxylic acids is 1. The predicted octanol–water partition coefficient (Wildman–Crippen LogP) is 2.06. The van der Waals surface area contributed by atoms with Gasteiger partial charge >= 0.3 is 0 Å². The van der Waals surface area contributed by atoms with Gasteiger partial charge in [0.1, 0.15) is 6.10 Å².